The summed E-state index contributed by atoms with van der Waals surface area (Å²) in [6.45, 7) is 9.53. The smallest absolute Gasteiger partial charge is 0.256 e. The number of nitrogens with zero attached hydrogens (tertiary/aromatic N) is 2. The van der Waals surface area contributed by atoms with Crippen LogP contribution in [0.2, 0.25) is 0 Å². The molecule has 0 aliphatic heterocycles. The van der Waals surface area contributed by atoms with Gasteiger partial charge in [-0.2, -0.15) is 0 Å². The minimum absolute atomic E-state index is 0.153. The van der Waals surface area contributed by atoms with Gasteiger partial charge in [-0.05, 0) is 49.2 Å². The van der Waals surface area contributed by atoms with E-state index in [0.717, 1.165) is 12.5 Å². The van der Waals surface area contributed by atoms with Gasteiger partial charge in [0.05, 0.1) is 18.0 Å². The third-order valence-corrected chi connectivity index (χ3v) is 4.96. The number of nitrogens with one attached hydrogen (secondary N) is 2. The molecule has 0 unspecified atom stereocenters. The number of carbonyl (C=O) groups excluding carboxylic acids is 1. The summed E-state index contributed by atoms with van der Waals surface area (Å²) in [5.41, 5.74) is 23.8. The normalized spacial score (nSPS) is 10.3. The van der Waals surface area contributed by atoms with E-state index >= 15 is 0 Å². The van der Waals surface area contributed by atoms with Crippen molar-refractivity contribution in [2.45, 2.75) is 40.5 Å². The molecule has 0 radical (unpaired) electrons. The molecule has 10 N–H and O–H groups in total. The summed E-state index contributed by atoms with van der Waals surface area (Å²) in [6.07, 6.45) is 5.63. The summed E-state index contributed by atoms with van der Waals surface area (Å²) in [4.78, 5) is 20.2. The second-order valence-electron chi connectivity index (χ2n) is 7.87. The molecule has 3 rings (SSSR count). The number of methoxy groups -OCH3 is 1. The van der Waals surface area contributed by atoms with Crippen molar-refractivity contribution >= 4 is 28.9 Å². The van der Waals surface area contributed by atoms with Gasteiger partial charge in [-0.1, -0.05) is 52.3 Å². The summed E-state index contributed by atoms with van der Waals surface area (Å²) in [7, 11) is 1.56. The molecule has 208 valence electrons. The number of hydrogen-bond donors (Lipinski definition) is 6. The van der Waals surface area contributed by atoms with Gasteiger partial charge < -0.3 is 33.0 Å². The maximum atomic E-state index is 12.2. The number of carbonyl (C=O) groups is 1. The van der Waals surface area contributed by atoms with Crippen LogP contribution in [0.25, 0.3) is 0 Å². The number of amides is 1. The van der Waals surface area contributed by atoms with Crippen molar-refractivity contribution < 1.29 is 9.53 Å². The van der Waals surface area contributed by atoms with Crippen LogP contribution >= 0.6 is 0 Å². The van der Waals surface area contributed by atoms with Crippen molar-refractivity contribution in [3.05, 3.63) is 77.6 Å². The summed E-state index contributed by atoms with van der Waals surface area (Å²) < 4.78 is 4.32. The van der Waals surface area contributed by atoms with Crippen LogP contribution < -0.4 is 28.3 Å². The minimum atomic E-state index is -0.280. The van der Waals surface area contributed by atoms with Crippen LogP contribution in [0, 0.1) is 11.3 Å². The van der Waals surface area contributed by atoms with Crippen LogP contribution in [0.4, 0.5) is 17.3 Å². The minimum Gasteiger partial charge on any atom is -0.398 e. The maximum Gasteiger partial charge on any atom is 0.256 e. The Morgan fingerprint density at radius 1 is 1.00 bits per heavy atom. The van der Waals surface area contributed by atoms with Gasteiger partial charge in [0.25, 0.3) is 5.91 Å². The SMILES string of the molecule is CC.CCC[C@@H](C)CN.COCN.N=C(c1ccc(C(=O)Nc2ccccn2)cc1)c1c(N)ccnc1N. The van der Waals surface area contributed by atoms with E-state index < -0.39 is 0 Å². The molecule has 0 saturated heterocycles. The Morgan fingerprint density at radius 2 is 1.61 bits per heavy atom. The van der Waals surface area contributed by atoms with E-state index in [-0.39, 0.29) is 17.4 Å². The molecule has 1 atom stereocenters. The molecule has 2 aromatic heterocycles. The summed E-state index contributed by atoms with van der Waals surface area (Å²) in [5, 5.41) is 11.0. The predicted molar refractivity (Wildman–Crippen MR) is 158 cm³/mol. The van der Waals surface area contributed by atoms with Crippen molar-refractivity contribution in [1.29, 1.82) is 5.41 Å². The molecule has 0 fully saturated rings. The van der Waals surface area contributed by atoms with Crippen molar-refractivity contribution in [3.8, 4) is 0 Å². The second-order valence-corrected chi connectivity index (χ2v) is 7.87. The Labute approximate surface area is 226 Å². The largest absolute Gasteiger partial charge is 0.398 e. The molecule has 1 amide bonds. The first-order valence-electron chi connectivity index (χ1n) is 12.6. The van der Waals surface area contributed by atoms with Gasteiger partial charge in [0.15, 0.2) is 0 Å². The first-order valence-corrected chi connectivity index (χ1v) is 12.6. The lowest BCUT2D eigenvalue weighted by Crippen LogP contribution is -2.14. The van der Waals surface area contributed by atoms with Crippen molar-refractivity contribution in [2.75, 3.05) is 37.2 Å². The van der Waals surface area contributed by atoms with E-state index in [2.05, 4.69) is 33.9 Å². The number of ether oxygens (including phenoxy) is 1. The lowest BCUT2D eigenvalue weighted by Gasteiger charge is -2.10. The average molecular weight is 525 g/mol. The Morgan fingerprint density at radius 3 is 2.05 bits per heavy atom. The Hall–Kier alpha value is -3.86. The van der Waals surface area contributed by atoms with Crippen LogP contribution in [-0.4, -0.2) is 42.0 Å². The van der Waals surface area contributed by atoms with E-state index in [0.29, 0.717) is 34.9 Å². The fourth-order valence-electron chi connectivity index (χ4n) is 2.93. The topological polar surface area (TPSA) is 192 Å². The second kappa shape index (κ2) is 20.2. The van der Waals surface area contributed by atoms with E-state index in [4.69, 9.17) is 28.3 Å². The third kappa shape index (κ3) is 12.4. The Kier molecular flexibility index (Phi) is 18.2. The van der Waals surface area contributed by atoms with Gasteiger partial charge >= 0.3 is 0 Å². The van der Waals surface area contributed by atoms with Crippen LogP contribution in [0.3, 0.4) is 0 Å². The molecule has 0 aliphatic carbocycles. The fraction of sp³-hybridized carbons (Fsp3) is 0.357. The molecule has 0 spiro atoms. The zero-order valence-electron chi connectivity index (χ0n) is 23.2. The number of hydrogen-bond acceptors (Lipinski definition) is 9. The van der Waals surface area contributed by atoms with E-state index in [9.17, 15) is 4.79 Å². The molecule has 38 heavy (non-hydrogen) atoms. The lowest BCUT2D eigenvalue weighted by atomic mass is 10.0. The number of anilines is 3. The molecular formula is C28H44N8O2. The molecule has 0 aliphatic rings. The van der Waals surface area contributed by atoms with Gasteiger partial charge in [0, 0.05) is 36.3 Å². The Balaban J connectivity index is 0.000000883. The van der Waals surface area contributed by atoms with Crippen LogP contribution in [-0.2, 0) is 4.74 Å². The number of pyridine rings is 2. The lowest BCUT2D eigenvalue weighted by molar-refractivity contribution is 0.102. The van der Waals surface area contributed by atoms with E-state index in [1.54, 1.807) is 61.8 Å². The fourth-order valence-corrected chi connectivity index (χ4v) is 2.93. The average Bonchev–Trinajstić information content (AvgIpc) is 2.95. The number of rotatable bonds is 8. The van der Waals surface area contributed by atoms with Gasteiger partial charge in [0.2, 0.25) is 0 Å². The molecular weight excluding hydrogens is 480 g/mol. The summed E-state index contributed by atoms with van der Waals surface area (Å²) in [5.74, 6) is 1.12. The monoisotopic (exact) mass is 524 g/mol. The van der Waals surface area contributed by atoms with Crippen molar-refractivity contribution in [3.63, 3.8) is 0 Å². The molecule has 10 nitrogen and oxygen atoms in total. The van der Waals surface area contributed by atoms with Gasteiger partial charge in [-0.25, -0.2) is 9.97 Å². The third-order valence-electron chi connectivity index (χ3n) is 4.96. The molecule has 0 saturated carbocycles. The molecule has 1 aromatic carbocycles. The number of aromatic nitrogens is 2. The standard InChI is InChI=1S/C18H16N6O.C6H15N.C2H7NO.C2H6/c19-13-8-10-23-17(21)15(13)16(20)11-4-6-12(7-5-11)18(25)24-14-3-1-2-9-22-14;1-3-4-6(2)5-7;1-4-2-3;1-2/h1-10,20H,(H4,19,21,23)(H,22,24,25);6H,3-5,7H2,1-2H3;2-3H2,1H3;1-2H3/t;6-;;/m.1../s1. The summed E-state index contributed by atoms with van der Waals surface area (Å²) >= 11 is 0. The highest BCUT2D eigenvalue weighted by atomic mass is 16.5. The highest BCUT2D eigenvalue weighted by Gasteiger charge is 2.14. The molecule has 2 heterocycles. The zero-order valence-corrected chi connectivity index (χ0v) is 23.2. The van der Waals surface area contributed by atoms with Gasteiger partial charge in [0.1, 0.15) is 11.6 Å². The molecule has 3 aromatic rings. The number of nitrogen functional groups attached to an aromatic ring is 2. The van der Waals surface area contributed by atoms with Crippen LogP contribution in [0.5, 0.6) is 0 Å². The van der Waals surface area contributed by atoms with Crippen LogP contribution in [0.1, 0.15) is 62.0 Å². The maximum absolute atomic E-state index is 12.2. The van der Waals surface area contributed by atoms with Gasteiger partial charge in [-0.3, -0.25) is 10.2 Å². The first-order chi connectivity index (χ1) is 18.3. The van der Waals surface area contributed by atoms with Crippen molar-refractivity contribution in [1.82, 2.24) is 9.97 Å². The van der Waals surface area contributed by atoms with E-state index in [1.807, 2.05) is 13.8 Å². The molecule has 0 bridgehead atoms. The quantitative estimate of drug-likeness (QED) is 0.186. The molecule has 10 heteroatoms. The highest BCUT2D eigenvalue weighted by molar-refractivity contribution is 6.16. The summed E-state index contributed by atoms with van der Waals surface area (Å²) in [6, 6.07) is 13.4. The van der Waals surface area contributed by atoms with Crippen molar-refractivity contribution in [2.24, 2.45) is 17.4 Å². The number of benzene rings is 1. The predicted octanol–water partition coefficient (Wildman–Crippen LogP) is 4.27. The highest BCUT2D eigenvalue weighted by Crippen LogP contribution is 2.21. The van der Waals surface area contributed by atoms with E-state index in [1.165, 1.54) is 19.0 Å². The van der Waals surface area contributed by atoms with Gasteiger partial charge in [-0.15, -0.1) is 0 Å². The zero-order chi connectivity index (χ0) is 28.9. The van der Waals surface area contributed by atoms with Crippen LogP contribution in [0.15, 0.2) is 60.9 Å². The Bertz CT molecular complexity index is 1040. The number of nitrogens with two attached hydrogens (primary N) is 4. The first kappa shape index (κ1) is 34.1.